The van der Waals surface area contributed by atoms with Gasteiger partial charge < -0.3 is 0 Å². The third-order valence-corrected chi connectivity index (χ3v) is 5.39. The first kappa shape index (κ1) is 14.9. The van der Waals surface area contributed by atoms with Gasteiger partial charge in [-0.05, 0) is 54.2 Å². The summed E-state index contributed by atoms with van der Waals surface area (Å²) in [6.45, 7) is 6.84. The van der Waals surface area contributed by atoms with Crippen molar-refractivity contribution in [2.75, 3.05) is 0 Å². The molecule has 0 saturated heterocycles. The van der Waals surface area contributed by atoms with Crippen LogP contribution in [0.1, 0.15) is 68.5 Å². The van der Waals surface area contributed by atoms with Crippen LogP contribution in [0.25, 0.3) is 0 Å². The Balaban J connectivity index is 2.12. The Hall–Kier alpha value is -0.490. The van der Waals surface area contributed by atoms with Crippen molar-refractivity contribution < 1.29 is 0 Å². The van der Waals surface area contributed by atoms with Gasteiger partial charge in [0.15, 0.2) is 0 Å². The lowest BCUT2D eigenvalue weighted by atomic mass is 9.79. The van der Waals surface area contributed by atoms with Gasteiger partial charge >= 0.3 is 0 Å². The van der Waals surface area contributed by atoms with Gasteiger partial charge in [-0.15, -0.1) is 11.6 Å². The number of benzene rings is 1. The molecule has 19 heavy (non-hydrogen) atoms. The highest BCUT2D eigenvalue weighted by Crippen LogP contribution is 2.40. The molecule has 0 aromatic heterocycles. The van der Waals surface area contributed by atoms with Crippen LogP contribution in [-0.4, -0.2) is 0 Å². The number of hydrogen-bond acceptors (Lipinski definition) is 0. The predicted molar refractivity (Wildman–Crippen MR) is 84.9 cm³/mol. The molecule has 1 saturated carbocycles. The summed E-state index contributed by atoms with van der Waals surface area (Å²) in [6.07, 6.45) is 7.53. The standard InChI is InChI=1S/C18H27Cl/c1-4-14-10-11-17(12-15(14)5-2)18(19)16-8-6-13(3)7-9-16/h10-13,16,18H,4-9H2,1-3H3. The van der Waals surface area contributed by atoms with Crippen LogP contribution in [0.5, 0.6) is 0 Å². The molecule has 0 bridgehead atoms. The Kier molecular flexibility index (Phi) is 5.33. The normalized spacial score (nSPS) is 25.3. The smallest absolute Gasteiger partial charge is 0.0613 e. The number of rotatable bonds is 4. The fourth-order valence-corrected chi connectivity index (χ4v) is 3.73. The second-order valence-electron chi connectivity index (χ2n) is 6.16. The van der Waals surface area contributed by atoms with Crippen molar-refractivity contribution >= 4 is 11.6 Å². The monoisotopic (exact) mass is 278 g/mol. The minimum Gasteiger partial charge on any atom is -0.118 e. The van der Waals surface area contributed by atoms with Crippen LogP contribution < -0.4 is 0 Å². The molecule has 1 fully saturated rings. The van der Waals surface area contributed by atoms with E-state index in [4.69, 9.17) is 11.6 Å². The van der Waals surface area contributed by atoms with Crippen molar-refractivity contribution in [1.82, 2.24) is 0 Å². The van der Waals surface area contributed by atoms with Gasteiger partial charge in [-0.3, -0.25) is 0 Å². The number of aryl methyl sites for hydroxylation is 2. The van der Waals surface area contributed by atoms with Crippen LogP contribution in [-0.2, 0) is 12.8 Å². The first-order valence-electron chi connectivity index (χ1n) is 7.91. The van der Waals surface area contributed by atoms with Gasteiger partial charge in [-0.1, -0.05) is 51.8 Å². The van der Waals surface area contributed by atoms with E-state index in [-0.39, 0.29) is 5.38 Å². The summed E-state index contributed by atoms with van der Waals surface area (Å²) in [7, 11) is 0. The number of hydrogen-bond donors (Lipinski definition) is 0. The molecule has 1 aromatic rings. The van der Waals surface area contributed by atoms with E-state index in [1.807, 2.05) is 0 Å². The van der Waals surface area contributed by atoms with E-state index < -0.39 is 0 Å². The van der Waals surface area contributed by atoms with Crippen LogP contribution in [0.3, 0.4) is 0 Å². The molecule has 1 aromatic carbocycles. The maximum Gasteiger partial charge on any atom is 0.0613 e. The summed E-state index contributed by atoms with van der Waals surface area (Å²) in [5.41, 5.74) is 4.30. The molecule has 1 aliphatic rings. The molecule has 1 heteroatoms. The Bertz CT molecular complexity index is 402. The topological polar surface area (TPSA) is 0 Å². The molecule has 1 unspecified atom stereocenters. The maximum absolute atomic E-state index is 6.76. The van der Waals surface area contributed by atoms with Crippen LogP contribution >= 0.6 is 11.6 Å². The van der Waals surface area contributed by atoms with Gasteiger partial charge in [0.05, 0.1) is 5.38 Å². The van der Waals surface area contributed by atoms with Crippen LogP contribution in [0.15, 0.2) is 18.2 Å². The molecule has 0 spiro atoms. The summed E-state index contributed by atoms with van der Waals surface area (Å²) < 4.78 is 0. The van der Waals surface area contributed by atoms with E-state index in [1.165, 1.54) is 42.4 Å². The van der Waals surface area contributed by atoms with Crippen molar-refractivity contribution in [3.05, 3.63) is 34.9 Å². The predicted octanol–water partition coefficient (Wildman–Crippen LogP) is 5.92. The summed E-state index contributed by atoms with van der Waals surface area (Å²) in [4.78, 5) is 0. The third kappa shape index (κ3) is 3.54. The largest absolute Gasteiger partial charge is 0.118 e. The molecule has 1 aliphatic carbocycles. The van der Waals surface area contributed by atoms with E-state index in [2.05, 4.69) is 39.0 Å². The van der Waals surface area contributed by atoms with E-state index in [9.17, 15) is 0 Å². The summed E-state index contributed by atoms with van der Waals surface area (Å²) >= 11 is 6.76. The molecular formula is C18H27Cl. The van der Waals surface area contributed by atoms with Gasteiger partial charge in [0, 0.05) is 0 Å². The van der Waals surface area contributed by atoms with Crippen LogP contribution in [0.4, 0.5) is 0 Å². The summed E-state index contributed by atoms with van der Waals surface area (Å²) in [5, 5.41) is 0.212. The quantitative estimate of drug-likeness (QED) is 0.600. The number of alkyl halides is 1. The molecule has 0 aliphatic heterocycles. The van der Waals surface area contributed by atoms with Crippen molar-refractivity contribution in [1.29, 1.82) is 0 Å². The van der Waals surface area contributed by atoms with Crippen molar-refractivity contribution in [3.63, 3.8) is 0 Å². The molecule has 1 atom stereocenters. The third-order valence-electron chi connectivity index (χ3n) is 4.78. The molecule has 106 valence electrons. The van der Waals surface area contributed by atoms with Crippen molar-refractivity contribution in [2.24, 2.45) is 11.8 Å². The zero-order valence-corrected chi connectivity index (χ0v) is 13.3. The Morgan fingerprint density at radius 1 is 1.05 bits per heavy atom. The lowest BCUT2D eigenvalue weighted by Crippen LogP contribution is -2.16. The highest BCUT2D eigenvalue weighted by atomic mass is 35.5. The van der Waals surface area contributed by atoms with E-state index in [1.54, 1.807) is 0 Å². The first-order valence-corrected chi connectivity index (χ1v) is 8.35. The fourth-order valence-electron chi connectivity index (χ4n) is 3.34. The molecule has 0 amide bonds. The number of halogens is 1. The second-order valence-corrected chi connectivity index (χ2v) is 6.63. The molecule has 0 N–H and O–H groups in total. The average Bonchev–Trinajstić information content (AvgIpc) is 2.46. The minimum absolute atomic E-state index is 0.212. The average molecular weight is 279 g/mol. The molecule has 2 rings (SSSR count). The Morgan fingerprint density at radius 2 is 1.68 bits per heavy atom. The lowest BCUT2D eigenvalue weighted by Gasteiger charge is -2.30. The first-order chi connectivity index (χ1) is 9.15. The van der Waals surface area contributed by atoms with Gasteiger partial charge in [0.25, 0.3) is 0 Å². The minimum atomic E-state index is 0.212. The van der Waals surface area contributed by atoms with Crippen LogP contribution in [0.2, 0.25) is 0 Å². The van der Waals surface area contributed by atoms with Crippen molar-refractivity contribution in [3.8, 4) is 0 Å². The van der Waals surface area contributed by atoms with Gasteiger partial charge in [0.2, 0.25) is 0 Å². The maximum atomic E-state index is 6.76. The summed E-state index contributed by atoms with van der Waals surface area (Å²) in [6, 6.07) is 6.90. The second kappa shape index (κ2) is 6.79. The lowest BCUT2D eigenvalue weighted by molar-refractivity contribution is 0.283. The SMILES string of the molecule is CCc1ccc(C(Cl)C2CCC(C)CC2)cc1CC. The Labute approximate surface area is 123 Å². The molecule has 0 nitrogen and oxygen atoms in total. The van der Waals surface area contributed by atoms with E-state index in [0.29, 0.717) is 5.92 Å². The van der Waals surface area contributed by atoms with Crippen LogP contribution in [0, 0.1) is 11.8 Å². The molecule has 0 radical (unpaired) electrons. The van der Waals surface area contributed by atoms with Gasteiger partial charge in [-0.2, -0.15) is 0 Å². The Morgan fingerprint density at radius 3 is 2.26 bits per heavy atom. The summed E-state index contributed by atoms with van der Waals surface area (Å²) in [5.74, 6) is 1.57. The zero-order chi connectivity index (χ0) is 13.8. The highest BCUT2D eigenvalue weighted by molar-refractivity contribution is 6.21. The van der Waals surface area contributed by atoms with Gasteiger partial charge in [-0.25, -0.2) is 0 Å². The van der Waals surface area contributed by atoms with Crippen molar-refractivity contribution in [2.45, 2.75) is 64.7 Å². The van der Waals surface area contributed by atoms with Gasteiger partial charge in [0.1, 0.15) is 0 Å². The zero-order valence-electron chi connectivity index (χ0n) is 12.6. The highest BCUT2D eigenvalue weighted by Gasteiger charge is 2.25. The molecular weight excluding hydrogens is 252 g/mol. The van der Waals surface area contributed by atoms with E-state index >= 15 is 0 Å². The fraction of sp³-hybridized carbons (Fsp3) is 0.667. The molecule has 0 heterocycles. The van der Waals surface area contributed by atoms with E-state index in [0.717, 1.165) is 18.8 Å².